The Balaban J connectivity index is 1.30. The number of hydrogen-bond donors (Lipinski definition) is 1. The number of aromatic amines is 1. The van der Waals surface area contributed by atoms with Crippen molar-refractivity contribution in [3.05, 3.63) is 71.6 Å². The molecule has 3 aromatic rings. The van der Waals surface area contributed by atoms with Crippen molar-refractivity contribution in [3.63, 3.8) is 0 Å². The lowest BCUT2D eigenvalue weighted by Crippen LogP contribution is -2.27. The minimum atomic E-state index is -0.584. The van der Waals surface area contributed by atoms with E-state index in [1.165, 1.54) is 18.6 Å². The van der Waals surface area contributed by atoms with Gasteiger partial charge in [-0.25, -0.2) is 14.5 Å². The standard InChI is InChI=1S/C21H21N5O4/c27-19(17-9-18(23-10-17)20(28)25-7-1-2-8-25)12-30-21(29)16-5-3-15(4-6-16)11-26-14-22-13-24-26/h3-6,9-10,13-14,23H,1-2,7-8,11-12H2. The highest BCUT2D eigenvalue weighted by molar-refractivity contribution is 6.02. The zero-order valence-electron chi connectivity index (χ0n) is 16.3. The van der Waals surface area contributed by atoms with Gasteiger partial charge in [0.2, 0.25) is 5.78 Å². The van der Waals surface area contributed by atoms with Crippen molar-refractivity contribution in [3.8, 4) is 0 Å². The van der Waals surface area contributed by atoms with Crippen LogP contribution in [-0.2, 0) is 11.3 Å². The van der Waals surface area contributed by atoms with Crippen molar-refractivity contribution in [1.29, 1.82) is 0 Å². The predicted molar refractivity (Wildman–Crippen MR) is 106 cm³/mol. The molecule has 1 N–H and O–H groups in total. The van der Waals surface area contributed by atoms with Crippen LogP contribution in [0.5, 0.6) is 0 Å². The molecule has 0 atom stereocenters. The fourth-order valence-electron chi connectivity index (χ4n) is 3.31. The van der Waals surface area contributed by atoms with Gasteiger partial charge in [-0.2, -0.15) is 5.10 Å². The van der Waals surface area contributed by atoms with Gasteiger partial charge in [0.25, 0.3) is 5.91 Å². The minimum Gasteiger partial charge on any atom is -0.454 e. The number of aromatic nitrogens is 4. The third-order valence-corrected chi connectivity index (χ3v) is 4.96. The van der Waals surface area contributed by atoms with Crippen molar-refractivity contribution in [2.45, 2.75) is 19.4 Å². The number of rotatable bonds is 7. The van der Waals surface area contributed by atoms with E-state index in [0.29, 0.717) is 23.4 Å². The number of amides is 1. The molecule has 154 valence electrons. The van der Waals surface area contributed by atoms with Crippen LogP contribution in [0, 0.1) is 0 Å². The number of Topliss-reactive ketones (excluding diaryl/α,β-unsaturated/α-hetero) is 1. The molecular weight excluding hydrogens is 386 g/mol. The highest BCUT2D eigenvalue weighted by atomic mass is 16.5. The Labute approximate surface area is 172 Å². The molecule has 1 aromatic carbocycles. The van der Waals surface area contributed by atoms with Gasteiger partial charge in [0.15, 0.2) is 6.61 Å². The summed E-state index contributed by atoms with van der Waals surface area (Å²) in [6.45, 7) is 1.61. The smallest absolute Gasteiger partial charge is 0.338 e. The molecule has 1 saturated heterocycles. The number of ketones is 1. The second kappa shape index (κ2) is 8.73. The largest absolute Gasteiger partial charge is 0.454 e. The number of hydrogen-bond acceptors (Lipinski definition) is 6. The van der Waals surface area contributed by atoms with Crippen LogP contribution < -0.4 is 0 Å². The van der Waals surface area contributed by atoms with Gasteiger partial charge in [0.1, 0.15) is 18.3 Å². The number of esters is 1. The molecule has 2 aromatic heterocycles. The summed E-state index contributed by atoms with van der Waals surface area (Å²) >= 11 is 0. The number of nitrogens with one attached hydrogen (secondary N) is 1. The van der Waals surface area contributed by atoms with Crippen molar-refractivity contribution in [2.24, 2.45) is 0 Å². The van der Waals surface area contributed by atoms with Crippen molar-refractivity contribution < 1.29 is 19.1 Å². The fraction of sp³-hybridized carbons (Fsp3) is 0.286. The Morgan fingerprint density at radius 1 is 1.07 bits per heavy atom. The quantitative estimate of drug-likeness (QED) is 0.473. The van der Waals surface area contributed by atoms with Crippen molar-refractivity contribution in [1.82, 2.24) is 24.6 Å². The first-order chi connectivity index (χ1) is 14.6. The Morgan fingerprint density at radius 2 is 1.83 bits per heavy atom. The molecule has 0 saturated carbocycles. The number of likely N-dealkylation sites (tertiary alicyclic amines) is 1. The molecule has 0 spiro atoms. The number of carbonyl (C=O) groups excluding carboxylic acids is 3. The monoisotopic (exact) mass is 407 g/mol. The second-order valence-electron chi connectivity index (χ2n) is 7.09. The predicted octanol–water partition coefficient (Wildman–Crippen LogP) is 1.93. The van der Waals surface area contributed by atoms with Crippen LogP contribution in [0.1, 0.15) is 49.6 Å². The van der Waals surface area contributed by atoms with Gasteiger partial charge in [-0.15, -0.1) is 0 Å². The molecule has 0 aliphatic carbocycles. The van der Waals surface area contributed by atoms with Crippen LogP contribution in [-0.4, -0.2) is 62.0 Å². The number of nitrogens with zero attached hydrogens (tertiary/aromatic N) is 4. The summed E-state index contributed by atoms with van der Waals surface area (Å²) in [5.74, 6) is -1.07. The maximum Gasteiger partial charge on any atom is 0.338 e. The first-order valence-corrected chi connectivity index (χ1v) is 9.69. The summed E-state index contributed by atoms with van der Waals surface area (Å²) in [5, 5.41) is 4.03. The Bertz CT molecular complexity index is 1030. The zero-order chi connectivity index (χ0) is 20.9. The molecule has 30 heavy (non-hydrogen) atoms. The van der Waals surface area contributed by atoms with E-state index in [-0.39, 0.29) is 11.7 Å². The van der Waals surface area contributed by atoms with Gasteiger partial charge < -0.3 is 14.6 Å². The van der Waals surface area contributed by atoms with E-state index in [1.54, 1.807) is 40.2 Å². The van der Waals surface area contributed by atoms with E-state index in [1.807, 2.05) is 0 Å². The normalized spacial score (nSPS) is 13.4. The summed E-state index contributed by atoms with van der Waals surface area (Å²) in [6, 6.07) is 8.38. The lowest BCUT2D eigenvalue weighted by Gasteiger charge is -2.13. The molecule has 9 nitrogen and oxygen atoms in total. The van der Waals surface area contributed by atoms with E-state index in [2.05, 4.69) is 15.1 Å². The third-order valence-electron chi connectivity index (χ3n) is 4.96. The average Bonchev–Trinajstić information content (AvgIpc) is 3.54. The topological polar surface area (TPSA) is 110 Å². The lowest BCUT2D eigenvalue weighted by atomic mass is 10.1. The van der Waals surface area contributed by atoms with Crippen LogP contribution in [0.15, 0.2) is 49.2 Å². The van der Waals surface area contributed by atoms with E-state index in [0.717, 1.165) is 31.5 Å². The summed E-state index contributed by atoms with van der Waals surface area (Å²) in [7, 11) is 0. The highest BCUT2D eigenvalue weighted by Gasteiger charge is 2.22. The zero-order valence-corrected chi connectivity index (χ0v) is 16.3. The fourth-order valence-corrected chi connectivity index (χ4v) is 3.31. The highest BCUT2D eigenvalue weighted by Crippen LogP contribution is 2.14. The van der Waals surface area contributed by atoms with Gasteiger partial charge in [-0.1, -0.05) is 12.1 Å². The third kappa shape index (κ3) is 4.45. The van der Waals surface area contributed by atoms with E-state index in [4.69, 9.17) is 4.74 Å². The minimum absolute atomic E-state index is 0.116. The molecule has 0 unspecified atom stereocenters. The maximum atomic E-state index is 12.4. The summed E-state index contributed by atoms with van der Waals surface area (Å²) in [6.07, 6.45) is 6.53. The average molecular weight is 407 g/mol. The molecule has 4 rings (SSSR count). The molecule has 3 heterocycles. The lowest BCUT2D eigenvalue weighted by molar-refractivity contribution is 0.0474. The molecule has 1 fully saturated rings. The van der Waals surface area contributed by atoms with Gasteiger partial charge in [0, 0.05) is 24.8 Å². The Hall–Kier alpha value is -3.75. The Morgan fingerprint density at radius 3 is 2.53 bits per heavy atom. The first kappa shape index (κ1) is 19.6. The van der Waals surface area contributed by atoms with Gasteiger partial charge in [-0.3, -0.25) is 9.59 Å². The summed E-state index contributed by atoms with van der Waals surface area (Å²) in [4.78, 5) is 45.4. The van der Waals surface area contributed by atoms with Crippen LogP contribution in [0.3, 0.4) is 0 Å². The van der Waals surface area contributed by atoms with E-state index >= 15 is 0 Å². The van der Waals surface area contributed by atoms with Gasteiger partial charge in [0.05, 0.1) is 12.1 Å². The Kier molecular flexibility index (Phi) is 5.69. The first-order valence-electron chi connectivity index (χ1n) is 9.69. The van der Waals surface area contributed by atoms with Gasteiger partial charge in [-0.05, 0) is 36.6 Å². The molecule has 0 bridgehead atoms. The molecule has 1 amide bonds. The summed E-state index contributed by atoms with van der Waals surface area (Å²) < 4.78 is 6.81. The van der Waals surface area contributed by atoms with Crippen LogP contribution >= 0.6 is 0 Å². The van der Waals surface area contributed by atoms with Crippen LogP contribution in [0.2, 0.25) is 0 Å². The van der Waals surface area contributed by atoms with E-state index in [9.17, 15) is 14.4 Å². The van der Waals surface area contributed by atoms with Crippen LogP contribution in [0.4, 0.5) is 0 Å². The van der Waals surface area contributed by atoms with Crippen molar-refractivity contribution >= 4 is 17.7 Å². The molecule has 0 radical (unpaired) electrons. The second-order valence-corrected chi connectivity index (χ2v) is 7.09. The molecule has 1 aliphatic heterocycles. The number of benzene rings is 1. The van der Waals surface area contributed by atoms with Crippen molar-refractivity contribution in [2.75, 3.05) is 19.7 Å². The molecule has 1 aliphatic rings. The maximum absolute atomic E-state index is 12.4. The number of H-pyrrole nitrogens is 1. The van der Waals surface area contributed by atoms with E-state index < -0.39 is 12.6 Å². The number of carbonyl (C=O) groups is 3. The summed E-state index contributed by atoms with van der Waals surface area (Å²) in [5.41, 5.74) is 1.99. The van der Waals surface area contributed by atoms with Crippen LogP contribution in [0.25, 0.3) is 0 Å². The molecular formula is C21H21N5O4. The number of ether oxygens (including phenoxy) is 1. The van der Waals surface area contributed by atoms with Gasteiger partial charge >= 0.3 is 5.97 Å². The SMILES string of the molecule is O=C(COC(=O)c1ccc(Cn2cncn2)cc1)c1c[nH]c(C(=O)N2CCCC2)c1. The molecule has 9 heteroatoms.